The number of carbonyl (C=O) groups is 1. The van der Waals surface area contributed by atoms with Crippen LogP contribution in [0.2, 0.25) is 0 Å². The van der Waals surface area contributed by atoms with Gasteiger partial charge in [0.25, 0.3) is 0 Å². The molecule has 2 N–H and O–H groups in total. The molecule has 2 aliphatic rings. The van der Waals surface area contributed by atoms with Gasteiger partial charge in [-0.05, 0) is 48.8 Å². The lowest BCUT2D eigenvalue weighted by Crippen LogP contribution is -2.49. The van der Waals surface area contributed by atoms with E-state index in [1.165, 1.54) is 34.9 Å². The summed E-state index contributed by atoms with van der Waals surface area (Å²) >= 11 is 0. The van der Waals surface area contributed by atoms with E-state index in [1.807, 2.05) is 6.08 Å². The third-order valence-electron chi connectivity index (χ3n) is 6.27. The first-order chi connectivity index (χ1) is 13.6. The molecular formula is C24H33N3O. The van der Waals surface area contributed by atoms with Gasteiger partial charge < -0.3 is 9.88 Å². The third-order valence-corrected chi connectivity index (χ3v) is 6.27. The normalized spacial score (nSPS) is 22.5. The fourth-order valence-corrected chi connectivity index (χ4v) is 5.02. The van der Waals surface area contributed by atoms with E-state index in [-0.39, 0.29) is 18.0 Å². The Labute approximate surface area is 168 Å². The van der Waals surface area contributed by atoms with E-state index in [0.717, 1.165) is 32.2 Å². The van der Waals surface area contributed by atoms with Gasteiger partial charge in [-0.25, -0.2) is 0 Å². The van der Waals surface area contributed by atoms with Crippen molar-refractivity contribution in [1.29, 1.82) is 0 Å². The second-order valence-electron chi connectivity index (χ2n) is 8.93. The fourth-order valence-electron chi connectivity index (χ4n) is 5.02. The maximum absolute atomic E-state index is 13.1. The standard InChI is InChI=1S/C24H33N3O/c1-4-12-27-15-17-14-21(24(28)25-18-8-5-6-9-18)26-20(13-16(2)3)19-10-7-11-22(27)23(17)19/h4,7,10-11,15-16,18,20-21,26H,1,5-6,8-9,12-14H2,2-3H3,(H,25,28). The Kier molecular flexibility index (Phi) is 5.58. The van der Waals surface area contributed by atoms with Crippen LogP contribution in [0.15, 0.2) is 37.1 Å². The monoisotopic (exact) mass is 379 g/mol. The minimum atomic E-state index is -0.181. The number of nitrogens with zero attached hydrogens (tertiary/aromatic N) is 1. The molecule has 1 fully saturated rings. The maximum atomic E-state index is 13.1. The van der Waals surface area contributed by atoms with Crippen LogP contribution in [0.1, 0.15) is 63.1 Å². The summed E-state index contributed by atoms with van der Waals surface area (Å²) in [6, 6.07) is 6.95. The van der Waals surface area contributed by atoms with Gasteiger partial charge in [-0.1, -0.05) is 44.9 Å². The van der Waals surface area contributed by atoms with Crippen molar-refractivity contribution in [2.75, 3.05) is 0 Å². The highest BCUT2D eigenvalue weighted by Crippen LogP contribution is 2.35. The highest BCUT2D eigenvalue weighted by atomic mass is 16.2. The smallest absolute Gasteiger partial charge is 0.237 e. The number of rotatable bonds is 6. The van der Waals surface area contributed by atoms with Crippen LogP contribution >= 0.6 is 0 Å². The van der Waals surface area contributed by atoms with Crippen molar-refractivity contribution in [1.82, 2.24) is 15.2 Å². The Morgan fingerprint density at radius 2 is 2.14 bits per heavy atom. The van der Waals surface area contributed by atoms with Crippen LogP contribution in [-0.4, -0.2) is 22.6 Å². The average molecular weight is 380 g/mol. The van der Waals surface area contributed by atoms with E-state index >= 15 is 0 Å². The van der Waals surface area contributed by atoms with Gasteiger partial charge in [-0.3, -0.25) is 10.1 Å². The van der Waals surface area contributed by atoms with Crippen LogP contribution in [0, 0.1) is 5.92 Å². The summed E-state index contributed by atoms with van der Waals surface area (Å²) in [6.07, 6.45) is 10.6. The van der Waals surface area contributed by atoms with Gasteiger partial charge in [0.05, 0.1) is 6.04 Å². The van der Waals surface area contributed by atoms with Crippen LogP contribution in [-0.2, 0) is 17.8 Å². The molecule has 1 aliphatic carbocycles. The molecule has 1 aromatic heterocycles. The number of nitrogens with one attached hydrogen (secondary N) is 2. The summed E-state index contributed by atoms with van der Waals surface area (Å²) in [5, 5.41) is 8.37. The molecule has 2 aromatic rings. The predicted octanol–water partition coefficient (Wildman–Crippen LogP) is 4.49. The van der Waals surface area contributed by atoms with Gasteiger partial charge in [0.2, 0.25) is 5.91 Å². The van der Waals surface area contributed by atoms with E-state index < -0.39 is 0 Å². The molecule has 4 rings (SSSR count). The lowest BCUT2D eigenvalue weighted by molar-refractivity contribution is -0.124. The zero-order valence-electron chi connectivity index (χ0n) is 17.2. The van der Waals surface area contributed by atoms with Crippen LogP contribution in [0.3, 0.4) is 0 Å². The van der Waals surface area contributed by atoms with Crippen molar-refractivity contribution >= 4 is 16.8 Å². The third kappa shape index (κ3) is 3.75. The van der Waals surface area contributed by atoms with Gasteiger partial charge in [0, 0.05) is 35.7 Å². The van der Waals surface area contributed by atoms with E-state index in [1.54, 1.807) is 0 Å². The SMILES string of the molecule is C=CCn1cc2c3c(cccc31)C(CC(C)C)NC(C(=O)NC1CCCC1)C2. The molecule has 4 heteroatoms. The predicted molar refractivity (Wildman–Crippen MR) is 115 cm³/mol. The molecule has 2 atom stereocenters. The van der Waals surface area contributed by atoms with Crippen LogP contribution < -0.4 is 10.6 Å². The van der Waals surface area contributed by atoms with Crippen LogP contribution in [0.5, 0.6) is 0 Å². The van der Waals surface area contributed by atoms with E-state index in [9.17, 15) is 4.79 Å². The quantitative estimate of drug-likeness (QED) is 0.727. The number of benzene rings is 1. The number of carbonyl (C=O) groups excluding carboxylic acids is 1. The number of hydrogen-bond donors (Lipinski definition) is 2. The summed E-state index contributed by atoms with van der Waals surface area (Å²) < 4.78 is 2.27. The first-order valence-corrected chi connectivity index (χ1v) is 10.8. The molecule has 0 saturated heterocycles. The minimum absolute atomic E-state index is 0.165. The zero-order valence-corrected chi connectivity index (χ0v) is 17.2. The molecule has 0 bridgehead atoms. The Morgan fingerprint density at radius 3 is 2.86 bits per heavy atom. The largest absolute Gasteiger partial charge is 0.352 e. The topological polar surface area (TPSA) is 46.1 Å². The van der Waals surface area contributed by atoms with Crippen LogP contribution in [0.25, 0.3) is 10.9 Å². The lowest BCUT2D eigenvalue weighted by atomic mass is 9.94. The first kappa shape index (κ1) is 19.3. The molecule has 28 heavy (non-hydrogen) atoms. The Morgan fingerprint density at radius 1 is 1.36 bits per heavy atom. The van der Waals surface area contributed by atoms with Crippen molar-refractivity contribution < 1.29 is 4.79 Å². The molecule has 1 aromatic carbocycles. The number of amides is 1. The molecular weight excluding hydrogens is 346 g/mol. The highest BCUT2D eigenvalue weighted by molar-refractivity contribution is 5.90. The van der Waals surface area contributed by atoms with Crippen molar-refractivity contribution in [3.8, 4) is 0 Å². The van der Waals surface area contributed by atoms with Crippen molar-refractivity contribution in [3.05, 3.63) is 48.2 Å². The fraction of sp³-hybridized carbons (Fsp3) is 0.542. The van der Waals surface area contributed by atoms with E-state index in [4.69, 9.17) is 0 Å². The number of allylic oxidation sites excluding steroid dienone is 1. The van der Waals surface area contributed by atoms with E-state index in [0.29, 0.717) is 12.0 Å². The van der Waals surface area contributed by atoms with Gasteiger partial charge in [-0.15, -0.1) is 6.58 Å². The van der Waals surface area contributed by atoms with Crippen LogP contribution in [0.4, 0.5) is 0 Å². The summed E-state index contributed by atoms with van der Waals surface area (Å²) in [4.78, 5) is 13.1. The van der Waals surface area contributed by atoms with Crippen molar-refractivity contribution in [2.24, 2.45) is 5.92 Å². The molecule has 1 aliphatic heterocycles. The highest BCUT2D eigenvalue weighted by Gasteiger charge is 2.32. The Hall–Kier alpha value is -2.07. The van der Waals surface area contributed by atoms with Crippen molar-refractivity contribution in [2.45, 2.75) is 77.0 Å². The minimum Gasteiger partial charge on any atom is -0.352 e. The Bertz CT molecular complexity index is 860. The molecule has 4 nitrogen and oxygen atoms in total. The molecule has 0 spiro atoms. The van der Waals surface area contributed by atoms with Gasteiger partial charge in [-0.2, -0.15) is 0 Å². The summed E-state index contributed by atoms with van der Waals surface area (Å²) in [5.74, 6) is 0.723. The number of hydrogen-bond acceptors (Lipinski definition) is 2. The molecule has 1 saturated carbocycles. The summed E-state index contributed by atoms with van der Waals surface area (Å²) in [6.45, 7) is 9.21. The summed E-state index contributed by atoms with van der Waals surface area (Å²) in [5.41, 5.74) is 3.86. The maximum Gasteiger partial charge on any atom is 0.237 e. The lowest BCUT2D eigenvalue weighted by Gasteiger charge is -2.26. The average Bonchev–Trinajstić information content (AvgIpc) is 3.25. The first-order valence-electron chi connectivity index (χ1n) is 10.8. The van der Waals surface area contributed by atoms with Gasteiger partial charge >= 0.3 is 0 Å². The molecule has 150 valence electrons. The zero-order chi connectivity index (χ0) is 19.7. The van der Waals surface area contributed by atoms with E-state index in [2.05, 4.69) is 60.0 Å². The van der Waals surface area contributed by atoms with Crippen molar-refractivity contribution in [3.63, 3.8) is 0 Å². The second-order valence-corrected chi connectivity index (χ2v) is 8.93. The second kappa shape index (κ2) is 8.12. The summed E-state index contributed by atoms with van der Waals surface area (Å²) in [7, 11) is 0. The molecule has 2 unspecified atom stereocenters. The van der Waals surface area contributed by atoms with Gasteiger partial charge in [0.1, 0.15) is 0 Å². The molecule has 1 amide bonds. The number of aromatic nitrogens is 1. The molecule has 2 heterocycles. The molecule has 0 radical (unpaired) electrons. The van der Waals surface area contributed by atoms with Gasteiger partial charge in [0.15, 0.2) is 0 Å². The Balaban J connectivity index is 1.71.